The van der Waals surface area contributed by atoms with Gasteiger partial charge >= 0.3 is 6.09 Å². The molecule has 0 spiro atoms. The Bertz CT molecular complexity index is 537. The molecule has 1 heterocycles. The Hall–Kier alpha value is -1.30. The summed E-state index contributed by atoms with van der Waals surface area (Å²) in [5.41, 5.74) is 0.508. The van der Waals surface area contributed by atoms with E-state index in [0.717, 1.165) is 5.56 Å². The van der Waals surface area contributed by atoms with Crippen LogP contribution in [0.1, 0.15) is 32.4 Å². The summed E-state index contributed by atoms with van der Waals surface area (Å²) in [5, 5.41) is 10.4. The van der Waals surface area contributed by atoms with Gasteiger partial charge in [0.25, 0.3) is 0 Å². The molecule has 0 radical (unpaired) electrons. The van der Waals surface area contributed by atoms with Gasteiger partial charge in [0, 0.05) is 31.2 Å². The number of aliphatic hydroxyl groups excluding tert-OH is 1. The van der Waals surface area contributed by atoms with Gasteiger partial charge in [-0.1, -0.05) is 23.7 Å². The van der Waals surface area contributed by atoms with Gasteiger partial charge < -0.3 is 14.7 Å². The molecule has 1 fully saturated rings. The van der Waals surface area contributed by atoms with E-state index < -0.39 is 5.60 Å². The van der Waals surface area contributed by atoms with Crippen LogP contribution in [0, 0.1) is 0 Å². The zero-order valence-corrected chi connectivity index (χ0v) is 14.7. The number of carbonyl (C=O) groups is 1. The molecule has 1 amide bonds. The quantitative estimate of drug-likeness (QED) is 0.919. The molecule has 1 atom stereocenters. The number of piperazine rings is 1. The molecule has 1 aromatic rings. The van der Waals surface area contributed by atoms with E-state index in [1.165, 1.54) is 0 Å². The van der Waals surface area contributed by atoms with Crippen molar-refractivity contribution in [2.24, 2.45) is 0 Å². The molecule has 0 aliphatic carbocycles. The zero-order valence-electron chi connectivity index (χ0n) is 14.0. The Labute approximate surface area is 142 Å². The summed E-state index contributed by atoms with van der Waals surface area (Å²) in [5.74, 6) is 0. The molecule has 0 saturated carbocycles. The highest BCUT2D eigenvalue weighted by Gasteiger charge is 2.29. The summed E-state index contributed by atoms with van der Waals surface area (Å²) in [6.45, 7) is 8.17. The van der Waals surface area contributed by atoms with Gasteiger partial charge in [-0.3, -0.25) is 4.90 Å². The van der Waals surface area contributed by atoms with E-state index in [1.54, 1.807) is 4.90 Å². The van der Waals surface area contributed by atoms with Gasteiger partial charge in [0.2, 0.25) is 0 Å². The van der Waals surface area contributed by atoms with Crippen molar-refractivity contribution in [3.8, 4) is 0 Å². The minimum atomic E-state index is -0.483. The maximum absolute atomic E-state index is 12.1. The number of amides is 1. The van der Waals surface area contributed by atoms with Gasteiger partial charge in [0.05, 0.1) is 12.6 Å². The molecule has 0 aromatic heterocycles. The Kier molecular flexibility index (Phi) is 5.89. The number of hydrogen-bond donors (Lipinski definition) is 1. The molecular formula is C17H25ClN2O3. The summed E-state index contributed by atoms with van der Waals surface area (Å²) < 4.78 is 5.40. The predicted molar refractivity (Wildman–Crippen MR) is 90.7 cm³/mol. The SMILES string of the molecule is CC(C)(C)OC(=O)N1CCN(C(CO)c2cccc(Cl)c2)CC1. The van der Waals surface area contributed by atoms with Gasteiger partial charge in [0.15, 0.2) is 0 Å². The molecule has 1 N–H and O–H groups in total. The highest BCUT2D eigenvalue weighted by molar-refractivity contribution is 6.30. The topological polar surface area (TPSA) is 53.0 Å². The summed E-state index contributed by atoms with van der Waals surface area (Å²) in [6, 6.07) is 7.45. The van der Waals surface area contributed by atoms with Crippen molar-refractivity contribution in [1.82, 2.24) is 9.80 Å². The summed E-state index contributed by atoms with van der Waals surface area (Å²) >= 11 is 6.04. The van der Waals surface area contributed by atoms with Crippen LogP contribution in [-0.2, 0) is 4.74 Å². The van der Waals surface area contributed by atoms with Crippen molar-refractivity contribution >= 4 is 17.7 Å². The monoisotopic (exact) mass is 340 g/mol. The second-order valence-electron chi connectivity index (χ2n) is 6.76. The maximum atomic E-state index is 12.1. The third kappa shape index (κ3) is 5.09. The number of ether oxygens (including phenoxy) is 1. The number of benzene rings is 1. The average Bonchev–Trinajstić information content (AvgIpc) is 2.47. The second kappa shape index (κ2) is 7.51. The lowest BCUT2D eigenvalue weighted by atomic mass is 10.1. The van der Waals surface area contributed by atoms with Crippen LogP contribution < -0.4 is 0 Å². The molecule has 1 saturated heterocycles. The molecule has 2 rings (SSSR count). The fourth-order valence-corrected chi connectivity index (χ4v) is 2.89. The Balaban J connectivity index is 1.96. The molecule has 128 valence electrons. The van der Waals surface area contributed by atoms with Crippen molar-refractivity contribution in [3.63, 3.8) is 0 Å². The molecule has 1 aromatic carbocycles. The lowest BCUT2D eigenvalue weighted by Crippen LogP contribution is -2.51. The van der Waals surface area contributed by atoms with Gasteiger partial charge in [-0.05, 0) is 38.5 Å². The first kappa shape index (κ1) is 18.0. The predicted octanol–water partition coefficient (Wildman–Crippen LogP) is 2.93. The molecule has 23 heavy (non-hydrogen) atoms. The molecule has 1 unspecified atom stereocenters. The molecule has 6 heteroatoms. The number of carbonyl (C=O) groups excluding carboxylic acids is 1. The van der Waals surface area contributed by atoms with Crippen molar-refractivity contribution in [1.29, 1.82) is 0 Å². The summed E-state index contributed by atoms with van der Waals surface area (Å²) in [4.78, 5) is 16.0. The standard InChI is InChI=1S/C17H25ClN2O3/c1-17(2,3)23-16(22)20-9-7-19(8-10-20)15(12-21)13-5-4-6-14(18)11-13/h4-6,11,15,21H,7-10,12H2,1-3H3. The molecular weight excluding hydrogens is 316 g/mol. The Morgan fingerprint density at radius 2 is 1.96 bits per heavy atom. The van der Waals surface area contributed by atoms with Gasteiger partial charge in [-0.2, -0.15) is 0 Å². The van der Waals surface area contributed by atoms with E-state index >= 15 is 0 Å². The third-order valence-electron chi connectivity index (χ3n) is 3.81. The zero-order chi connectivity index (χ0) is 17.0. The minimum absolute atomic E-state index is 0.0206. The first-order chi connectivity index (χ1) is 10.8. The molecule has 1 aliphatic rings. The fraction of sp³-hybridized carbons (Fsp3) is 0.588. The maximum Gasteiger partial charge on any atom is 0.410 e. The van der Waals surface area contributed by atoms with Crippen molar-refractivity contribution in [2.75, 3.05) is 32.8 Å². The number of aliphatic hydroxyl groups is 1. The lowest BCUT2D eigenvalue weighted by molar-refractivity contribution is 0.00658. The summed E-state index contributed by atoms with van der Waals surface area (Å²) in [6.07, 6.45) is -0.277. The van der Waals surface area contributed by atoms with E-state index in [-0.39, 0.29) is 18.7 Å². The normalized spacial score (nSPS) is 17.9. The van der Waals surface area contributed by atoms with Gasteiger partial charge in [0.1, 0.15) is 5.60 Å². The lowest BCUT2D eigenvalue weighted by Gasteiger charge is -2.39. The number of rotatable bonds is 3. The number of nitrogens with zero attached hydrogens (tertiary/aromatic N) is 2. The van der Waals surface area contributed by atoms with Crippen LogP contribution in [0.25, 0.3) is 0 Å². The fourth-order valence-electron chi connectivity index (χ4n) is 2.69. The summed E-state index contributed by atoms with van der Waals surface area (Å²) in [7, 11) is 0. The van der Waals surface area contributed by atoms with Crippen LogP contribution in [0.4, 0.5) is 4.79 Å². The van der Waals surface area contributed by atoms with E-state index in [0.29, 0.717) is 31.2 Å². The van der Waals surface area contributed by atoms with Crippen LogP contribution in [0.2, 0.25) is 5.02 Å². The van der Waals surface area contributed by atoms with Gasteiger partial charge in [-0.15, -0.1) is 0 Å². The number of halogens is 1. The van der Waals surface area contributed by atoms with E-state index in [4.69, 9.17) is 16.3 Å². The molecule has 1 aliphatic heterocycles. The highest BCUT2D eigenvalue weighted by Crippen LogP contribution is 2.24. The molecule has 0 bridgehead atoms. The average molecular weight is 341 g/mol. The van der Waals surface area contributed by atoms with Gasteiger partial charge in [-0.25, -0.2) is 4.79 Å². The van der Waals surface area contributed by atoms with Crippen LogP contribution >= 0.6 is 11.6 Å². The Morgan fingerprint density at radius 1 is 1.30 bits per heavy atom. The van der Waals surface area contributed by atoms with E-state index in [1.807, 2.05) is 45.0 Å². The highest BCUT2D eigenvalue weighted by atomic mass is 35.5. The first-order valence-electron chi connectivity index (χ1n) is 7.88. The van der Waals surface area contributed by atoms with Crippen LogP contribution in [-0.4, -0.2) is 59.4 Å². The van der Waals surface area contributed by atoms with Crippen LogP contribution in [0.5, 0.6) is 0 Å². The molecule has 5 nitrogen and oxygen atoms in total. The van der Waals surface area contributed by atoms with Crippen molar-refractivity contribution in [3.05, 3.63) is 34.9 Å². The van der Waals surface area contributed by atoms with E-state index in [2.05, 4.69) is 4.90 Å². The van der Waals surface area contributed by atoms with Crippen molar-refractivity contribution in [2.45, 2.75) is 32.4 Å². The van der Waals surface area contributed by atoms with E-state index in [9.17, 15) is 9.90 Å². The Morgan fingerprint density at radius 3 is 2.48 bits per heavy atom. The second-order valence-corrected chi connectivity index (χ2v) is 7.19. The van der Waals surface area contributed by atoms with Crippen LogP contribution in [0.3, 0.4) is 0 Å². The first-order valence-corrected chi connectivity index (χ1v) is 8.26. The van der Waals surface area contributed by atoms with Crippen molar-refractivity contribution < 1.29 is 14.6 Å². The smallest absolute Gasteiger partial charge is 0.410 e. The minimum Gasteiger partial charge on any atom is -0.444 e. The third-order valence-corrected chi connectivity index (χ3v) is 4.05. The van der Waals surface area contributed by atoms with Crippen LogP contribution in [0.15, 0.2) is 24.3 Å². The largest absolute Gasteiger partial charge is 0.444 e. The number of hydrogen-bond acceptors (Lipinski definition) is 4.